The average molecular weight is 543 g/mol. The van der Waals surface area contributed by atoms with E-state index < -0.39 is 5.97 Å². The number of hydrogen-bond donors (Lipinski definition) is 1. The van der Waals surface area contributed by atoms with Crippen LogP contribution in [0.15, 0.2) is 59.0 Å². The van der Waals surface area contributed by atoms with E-state index in [0.29, 0.717) is 29.4 Å². The van der Waals surface area contributed by atoms with Crippen LogP contribution in [0.1, 0.15) is 29.4 Å². The molecule has 188 valence electrons. The van der Waals surface area contributed by atoms with Crippen LogP contribution >= 0.6 is 35.1 Å². The molecule has 0 radical (unpaired) electrons. The highest BCUT2D eigenvalue weighted by atomic mass is 35.5. The molecule has 0 bridgehead atoms. The molecule has 2 aromatic carbocycles. The molecule has 9 heteroatoms. The van der Waals surface area contributed by atoms with Gasteiger partial charge in [0.15, 0.2) is 5.76 Å². The smallest absolute Gasteiger partial charge is 0.303 e. The molecule has 0 aliphatic rings. The van der Waals surface area contributed by atoms with Gasteiger partial charge in [-0.2, -0.15) is 0 Å². The molecular formula is C27H27ClN2O4S2. The minimum atomic E-state index is -0.784. The van der Waals surface area contributed by atoms with Crippen molar-refractivity contribution in [2.24, 2.45) is 0 Å². The molecule has 2 aromatic heterocycles. The Hall–Kier alpha value is -2.68. The fourth-order valence-corrected chi connectivity index (χ4v) is 6.53. The zero-order valence-electron chi connectivity index (χ0n) is 20.1. The SMILES string of the molecule is CN(C)C(=O)CCSC(SCCCC(=O)O)c1ccc2oc(-c3ccc4ccc(Cl)cc4n3)cc2c1. The first-order chi connectivity index (χ1) is 17.3. The summed E-state index contributed by atoms with van der Waals surface area (Å²) in [6.45, 7) is 0. The van der Waals surface area contributed by atoms with Gasteiger partial charge in [0, 0.05) is 48.5 Å². The number of benzene rings is 2. The Kier molecular flexibility index (Phi) is 8.82. The van der Waals surface area contributed by atoms with Crippen molar-refractivity contribution in [1.29, 1.82) is 0 Å². The molecule has 0 fully saturated rings. The summed E-state index contributed by atoms with van der Waals surface area (Å²) < 4.78 is 6.19. The molecule has 6 nitrogen and oxygen atoms in total. The lowest BCUT2D eigenvalue weighted by Gasteiger charge is -2.17. The van der Waals surface area contributed by atoms with E-state index >= 15 is 0 Å². The Morgan fingerprint density at radius 2 is 1.78 bits per heavy atom. The summed E-state index contributed by atoms with van der Waals surface area (Å²) in [6.07, 6.45) is 1.21. The van der Waals surface area contributed by atoms with Gasteiger partial charge < -0.3 is 14.4 Å². The summed E-state index contributed by atoms with van der Waals surface area (Å²) in [5.41, 5.74) is 3.42. The minimum Gasteiger partial charge on any atom is -0.481 e. The number of fused-ring (bicyclic) bond motifs is 2. The first-order valence-electron chi connectivity index (χ1n) is 11.6. The Morgan fingerprint density at radius 1 is 1.00 bits per heavy atom. The van der Waals surface area contributed by atoms with Crippen LogP contribution in [0.3, 0.4) is 0 Å². The molecule has 0 saturated carbocycles. The minimum absolute atomic E-state index is 0.0810. The predicted octanol–water partition coefficient (Wildman–Crippen LogP) is 7.11. The summed E-state index contributed by atoms with van der Waals surface area (Å²) in [5.74, 6) is 1.40. The van der Waals surface area contributed by atoms with Crippen molar-refractivity contribution in [1.82, 2.24) is 9.88 Å². The van der Waals surface area contributed by atoms with Crippen molar-refractivity contribution in [3.8, 4) is 11.5 Å². The normalized spacial score (nSPS) is 12.2. The van der Waals surface area contributed by atoms with Gasteiger partial charge in [0.2, 0.25) is 5.91 Å². The van der Waals surface area contributed by atoms with E-state index in [2.05, 4.69) is 6.07 Å². The van der Waals surface area contributed by atoms with Gasteiger partial charge in [-0.1, -0.05) is 29.8 Å². The quantitative estimate of drug-likeness (QED) is 0.160. The first-order valence-corrected chi connectivity index (χ1v) is 14.0. The maximum absolute atomic E-state index is 12.0. The Bertz CT molecular complexity index is 1390. The fourth-order valence-electron chi connectivity index (χ4n) is 3.69. The lowest BCUT2D eigenvalue weighted by atomic mass is 10.1. The van der Waals surface area contributed by atoms with E-state index in [1.54, 1.807) is 42.5 Å². The number of thioether (sulfide) groups is 2. The Morgan fingerprint density at radius 3 is 2.56 bits per heavy atom. The van der Waals surface area contributed by atoms with Gasteiger partial charge in [-0.25, -0.2) is 4.98 Å². The van der Waals surface area contributed by atoms with Crippen molar-refractivity contribution >= 4 is 68.9 Å². The number of nitrogens with zero attached hydrogens (tertiary/aromatic N) is 2. The molecule has 1 atom stereocenters. The molecule has 1 unspecified atom stereocenters. The molecule has 0 aliphatic carbocycles. The average Bonchev–Trinajstić information content (AvgIpc) is 3.28. The van der Waals surface area contributed by atoms with Crippen molar-refractivity contribution in [2.75, 3.05) is 25.6 Å². The molecule has 0 spiro atoms. The molecule has 0 aliphatic heterocycles. The third-order valence-corrected chi connectivity index (χ3v) is 8.77. The highest BCUT2D eigenvalue weighted by Gasteiger charge is 2.17. The Balaban J connectivity index is 1.55. The lowest BCUT2D eigenvalue weighted by molar-refractivity contribution is -0.137. The van der Waals surface area contributed by atoms with Gasteiger partial charge in [-0.05, 0) is 54.1 Å². The third kappa shape index (κ3) is 6.75. The second-order valence-corrected chi connectivity index (χ2v) is 11.7. The topological polar surface area (TPSA) is 83.6 Å². The van der Waals surface area contributed by atoms with E-state index in [4.69, 9.17) is 26.1 Å². The van der Waals surface area contributed by atoms with E-state index in [1.807, 2.05) is 48.5 Å². The van der Waals surface area contributed by atoms with E-state index in [1.165, 1.54) is 0 Å². The van der Waals surface area contributed by atoms with Gasteiger partial charge >= 0.3 is 5.97 Å². The first kappa shape index (κ1) is 26.4. The molecule has 4 aromatic rings. The van der Waals surface area contributed by atoms with E-state index in [0.717, 1.165) is 38.9 Å². The molecule has 36 heavy (non-hydrogen) atoms. The lowest BCUT2D eigenvalue weighted by Crippen LogP contribution is -2.21. The zero-order chi connectivity index (χ0) is 25.7. The second kappa shape index (κ2) is 12.0. The standard InChI is InChI=1S/C27H27ClN2O4S2/c1-30(2)25(31)11-13-36-27(35-12-3-4-26(32)33)18-7-10-23-19(14-18)15-24(34-23)21-9-6-17-5-8-20(28)16-22(17)29-21/h5-10,14-16,27H,3-4,11-13H2,1-2H3,(H,32,33). The maximum atomic E-state index is 12.0. The number of rotatable bonds is 11. The number of carboxylic acid groups (broad SMARTS) is 1. The summed E-state index contributed by atoms with van der Waals surface area (Å²) in [5, 5.41) is 11.6. The number of pyridine rings is 1. The highest BCUT2D eigenvalue weighted by Crippen LogP contribution is 2.42. The second-order valence-electron chi connectivity index (χ2n) is 8.55. The van der Waals surface area contributed by atoms with Crippen molar-refractivity contribution in [2.45, 2.75) is 23.8 Å². The van der Waals surface area contributed by atoms with Crippen LogP contribution < -0.4 is 0 Å². The number of amides is 1. The van der Waals surface area contributed by atoms with Crippen LogP contribution in [0.25, 0.3) is 33.3 Å². The molecule has 0 saturated heterocycles. The van der Waals surface area contributed by atoms with Gasteiger partial charge in [0.25, 0.3) is 0 Å². The van der Waals surface area contributed by atoms with Crippen LogP contribution in [0, 0.1) is 0 Å². The number of carboxylic acids is 1. The van der Waals surface area contributed by atoms with E-state index in [-0.39, 0.29) is 16.9 Å². The monoisotopic (exact) mass is 542 g/mol. The van der Waals surface area contributed by atoms with Crippen LogP contribution in [-0.4, -0.2) is 52.5 Å². The number of aromatic nitrogens is 1. The van der Waals surface area contributed by atoms with Gasteiger partial charge in [0.1, 0.15) is 11.3 Å². The molecular weight excluding hydrogens is 516 g/mol. The largest absolute Gasteiger partial charge is 0.481 e. The number of carbonyl (C=O) groups is 2. The van der Waals surface area contributed by atoms with Crippen molar-refractivity contribution in [3.63, 3.8) is 0 Å². The van der Waals surface area contributed by atoms with Crippen LogP contribution in [-0.2, 0) is 9.59 Å². The van der Waals surface area contributed by atoms with Crippen LogP contribution in [0.5, 0.6) is 0 Å². The highest BCUT2D eigenvalue weighted by molar-refractivity contribution is 8.16. The Labute approximate surface area is 223 Å². The number of hydrogen-bond acceptors (Lipinski definition) is 6. The molecule has 1 N–H and O–H groups in total. The number of carbonyl (C=O) groups excluding carboxylic acids is 1. The maximum Gasteiger partial charge on any atom is 0.303 e. The molecule has 2 heterocycles. The fraction of sp³-hybridized carbons (Fsp3) is 0.296. The number of halogens is 1. The summed E-state index contributed by atoms with van der Waals surface area (Å²) in [6, 6.07) is 17.7. The third-order valence-electron chi connectivity index (χ3n) is 5.61. The van der Waals surface area contributed by atoms with Crippen LogP contribution in [0.2, 0.25) is 5.02 Å². The molecule has 4 rings (SSSR count). The summed E-state index contributed by atoms with van der Waals surface area (Å²) in [7, 11) is 3.52. The van der Waals surface area contributed by atoms with E-state index in [9.17, 15) is 9.59 Å². The van der Waals surface area contributed by atoms with Crippen LogP contribution in [0.4, 0.5) is 0 Å². The van der Waals surface area contributed by atoms with Crippen molar-refractivity contribution < 1.29 is 19.1 Å². The predicted molar refractivity (Wildman–Crippen MR) is 150 cm³/mol. The summed E-state index contributed by atoms with van der Waals surface area (Å²) in [4.78, 5) is 29.2. The number of aliphatic carboxylic acids is 1. The number of furan rings is 1. The van der Waals surface area contributed by atoms with Crippen molar-refractivity contribution in [3.05, 3.63) is 65.2 Å². The van der Waals surface area contributed by atoms with Gasteiger partial charge in [-0.15, -0.1) is 23.5 Å². The van der Waals surface area contributed by atoms with Gasteiger partial charge in [0.05, 0.1) is 10.1 Å². The summed E-state index contributed by atoms with van der Waals surface area (Å²) >= 11 is 9.56. The zero-order valence-corrected chi connectivity index (χ0v) is 22.5. The molecule has 1 amide bonds. The van der Waals surface area contributed by atoms with Gasteiger partial charge in [-0.3, -0.25) is 9.59 Å².